The van der Waals surface area contributed by atoms with Gasteiger partial charge in [0.1, 0.15) is 10.8 Å². The summed E-state index contributed by atoms with van der Waals surface area (Å²) in [6.45, 7) is 4.33. The fraction of sp³-hybridized carbons (Fsp3) is 0.368. The van der Waals surface area contributed by atoms with Gasteiger partial charge in [-0.05, 0) is 55.5 Å². The SMILES string of the molecule is C[C@@H](N(C)C(=O)/C=C/c1csc(-c2ccc(F)cc2)n1)C1(C)CC1. The Hall–Kier alpha value is -2.01. The minimum atomic E-state index is -0.262. The Balaban J connectivity index is 1.66. The molecule has 0 radical (unpaired) electrons. The molecule has 126 valence electrons. The van der Waals surface area contributed by atoms with Gasteiger partial charge in [-0.2, -0.15) is 0 Å². The smallest absolute Gasteiger partial charge is 0.246 e. The Morgan fingerprint density at radius 3 is 2.67 bits per heavy atom. The molecule has 1 aromatic carbocycles. The molecule has 0 N–H and O–H groups in total. The topological polar surface area (TPSA) is 33.2 Å². The summed E-state index contributed by atoms with van der Waals surface area (Å²) < 4.78 is 13.0. The van der Waals surface area contributed by atoms with E-state index >= 15 is 0 Å². The van der Waals surface area contributed by atoms with Gasteiger partial charge < -0.3 is 4.90 Å². The second-order valence-electron chi connectivity index (χ2n) is 6.70. The first kappa shape index (κ1) is 16.8. The molecule has 1 saturated carbocycles. The third kappa shape index (κ3) is 3.56. The second kappa shape index (κ2) is 6.48. The van der Waals surface area contributed by atoms with Gasteiger partial charge in [0.2, 0.25) is 5.91 Å². The van der Waals surface area contributed by atoms with E-state index in [2.05, 4.69) is 18.8 Å². The van der Waals surface area contributed by atoms with Crippen LogP contribution in [-0.4, -0.2) is 28.9 Å². The molecule has 24 heavy (non-hydrogen) atoms. The van der Waals surface area contributed by atoms with E-state index in [1.54, 1.807) is 29.2 Å². The number of hydrogen-bond acceptors (Lipinski definition) is 3. The number of nitrogens with zero attached hydrogens (tertiary/aromatic N) is 2. The highest BCUT2D eigenvalue weighted by Gasteiger charge is 2.44. The van der Waals surface area contributed by atoms with Crippen molar-refractivity contribution < 1.29 is 9.18 Å². The summed E-state index contributed by atoms with van der Waals surface area (Å²) in [4.78, 5) is 18.6. The van der Waals surface area contributed by atoms with Gasteiger partial charge in [0.25, 0.3) is 0 Å². The van der Waals surface area contributed by atoms with Crippen LogP contribution in [-0.2, 0) is 4.79 Å². The number of benzene rings is 1. The molecule has 0 aliphatic heterocycles. The van der Waals surface area contributed by atoms with Crippen molar-refractivity contribution in [3.05, 3.63) is 47.2 Å². The van der Waals surface area contributed by atoms with E-state index in [1.165, 1.54) is 36.3 Å². The highest BCUT2D eigenvalue weighted by atomic mass is 32.1. The number of carbonyl (C=O) groups excluding carboxylic acids is 1. The number of likely N-dealkylation sites (N-methyl/N-ethyl adjacent to an activating group) is 1. The zero-order chi connectivity index (χ0) is 17.3. The van der Waals surface area contributed by atoms with Crippen LogP contribution in [0.15, 0.2) is 35.7 Å². The van der Waals surface area contributed by atoms with E-state index in [-0.39, 0.29) is 23.2 Å². The lowest BCUT2D eigenvalue weighted by molar-refractivity contribution is -0.127. The van der Waals surface area contributed by atoms with Crippen LogP contribution in [0.2, 0.25) is 0 Å². The van der Waals surface area contributed by atoms with Crippen molar-refractivity contribution >= 4 is 23.3 Å². The van der Waals surface area contributed by atoms with E-state index in [0.717, 1.165) is 16.3 Å². The number of carbonyl (C=O) groups is 1. The fourth-order valence-corrected chi connectivity index (χ4v) is 3.43. The molecule has 1 aromatic heterocycles. The van der Waals surface area contributed by atoms with Crippen LogP contribution in [0.1, 0.15) is 32.4 Å². The standard InChI is InChI=1S/C19H21FN2OS/c1-13(19(2)10-11-19)22(3)17(23)9-8-16-12-24-18(21-16)14-4-6-15(20)7-5-14/h4-9,12-13H,10-11H2,1-3H3/b9-8+/t13-/m1/s1. The first-order chi connectivity index (χ1) is 11.4. The van der Waals surface area contributed by atoms with Crippen molar-refractivity contribution in [2.24, 2.45) is 5.41 Å². The molecule has 3 rings (SSSR count). The summed E-state index contributed by atoms with van der Waals surface area (Å²) in [6, 6.07) is 6.49. The van der Waals surface area contributed by atoms with E-state index in [9.17, 15) is 9.18 Å². The zero-order valence-corrected chi connectivity index (χ0v) is 14.9. The molecule has 1 aliphatic carbocycles. The highest BCUT2D eigenvalue weighted by molar-refractivity contribution is 7.13. The minimum Gasteiger partial charge on any atom is -0.339 e. The maximum atomic E-state index is 13.0. The Bertz CT molecular complexity index is 762. The van der Waals surface area contributed by atoms with Gasteiger partial charge in [-0.1, -0.05) is 6.92 Å². The number of amides is 1. The molecule has 1 atom stereocenters. The molecule has 2 aromatic rings. The summed E-state index contributed by atoms with van der Waals surface area (Å²) in [7, 11) is 1.85. The predicted octanol–water partition coefficient (Wildman–Crippen LogP) is 4.61. The van der Waals surface area contributed by atoms with Crippen molar-refractivity contribution in [3.8, 4) is 10.6 Å². The lowest BCUT2D eigenvalue weighted by Crippen LogP contribution is -2.39. The predicted molar refractivity (Wildman–Crippen MR) is 96.1 cm³/mol. The molecule has 1 amide bonds. The maximum absolute atomic E-state index is 13.0. The minimum absolute atomic E-state index is 0.00745. The summed E-state index contributed by atoms with van der Waals surface area (Å²) in [6.07, 6.45) is 5.68. The summed E-state index contributed by atoms with van der Waals surface area (Å²) in [5, 5.41) is 2.71. The zero-order valence-electron chi connectivity index (χ0n) is 14.1. The number of rotatable bonds is 5. The van der Waals surface area contributed by atoms with Gasteiger partial charge >= 0.3 is 0 Å². The Labute approximate surface area is 145 Å². The number of hydrogen-bond donors (Lipinski definition) is 0. The Morgan fingerprint density at radius 1 is 1.38 bits per heavy atom. The highest BCUT2D eigenvalue weighted by Crippen LogP contribution is 2.49. The number of halogens is 1. The van der Waals surface area contributed by atoms with Gasteiger partial charge in [0.15, 0.2) is 0 Å². The van der Waals surface area contributed by atoms with Gasteiger partial charge in [-0.15, -0.1) is 11.3 Å². The molecule has 5 heteroatoms. The number of aromatic nitrogens is 1. The largest absolute Gasteiger partial charge is 0.339 e. The summed E-state index contributed by atoms with van der Waals surface area (Å²) in [5.41, 5.74) is 1.89. The molecule has 0 saturated heterocycles. The van der Waals surface area contributed by atoms with Crippen LogP contribution < -0.4 is 0 Å². The normalized spacial score (nSPS) is 17.0. The molecular weight excluding hydrogens is 323 g/mol. The van der Waals surface area contributed by atoms with Crippen LogP contribution in [0.4, 0.5) is 4.39 Å². The quantitative estimate of drug-likeness (QED) is 0.742. The molecule has 3 nitrogen and oxygen atoms in total. The lowest BCUT2D eigenvalue weighted by atomic mass is 9.99. The second-order valence-corrected chi connectivity index (χ2v) is 7.55. The van der Waals surface area contributed by atoms with Gasteiger partial charge in [0.05, 0.1) is 5.69 Å². The molecule has 0 spiro atoms. The van der Waals surface area contributed by atoms with Crippen LogP contribution in [0.5, 0.6) is 0 Å². The van der Waals surface area contributed by atoms with Crippen molar-refractivity contribution in [2.75, 3.05) is 7.05 Å². The summed E-state index contributed by atoms with van der Waals surface area (Å²) in [5.74, 6) is -0.269. The average molecular weight is 344 g/mol. The molecule has 1 fully saturated rings. The van der Waals surface area contributed by atoms with Crippen molar-refractivity contribution in [2.45, 2.75) is 32.7 Å². The van der Waals surface area contributed by atoms with Crippen LogP contribution in [0.3, 0.4) is 0 Å². The molecular formula is C19H21FN2OS. The van der Waals surface area contributed by atoms with Crippen LogP contribution >= 0.6 is 11.3 Å². The first-order valence-corrected chi connectivity index (χ1v) is 8.93. The van der Waals surface area contributed by atoms with Gasteiger partial charge in [-0.25, -0.2) is 9.37 Å². The van der Waals surface area contributed by atoms with Crippen molar-refractivity contribution in [3.63, 3.8) is 0 Å². The van der Waals surface area contributed by atoms with Gasteiger partial charge in [0, 0.05) is 30.1 Å². The van der Waals surface area contributed by atoms with E-state index in [1.807, 2.05) is 12.4 Å². The van der Waals surface area contributed by atoms with E-state index in [4.69, 9.17) is 0 Å². The third-order valence-corrected chi connectivity index (χ3v) is 5.90. The molecule has 1 aliphatic rings. The fourth-order valence-electron chi connectivity index (χ4n) is 2.64. The van der Waals surface area contributed by atoms with Crippen molar-refractivity contribution in [1.82, 2.24) is 9.88 Å². The summed E-state index contributed by atoms with van der Waals surface area (Å²) >= 11 is 1.48. The average Bonchev–Trinajstić information content (AvgIpc) is 3.16. The number of thiazole rings is 1. The molecule has 1 heterocycles. The van der Waals surface area contributed by atoms with Crippen LogP contribution in [0.25, 0.3) is 16.6 Å². The lowest BCUT2D eigenvalue weighted by Gasteiger charge is -2.29. The van der Waals surface area contributed by atoms with Crippen LogP contribution in [0, 0.1) is 11.2 Å². The third-order valence-electron chi connectivity index (χ3n) is 4.99. The van der Waals surface area contributed by atoms with Crippen molar-refractivity contribution in [1.29, 1.82) is 0 Å². The monoisotopic (exact) mass is 344 g/mol. The maximum Gasteiger partial charge on any atom is 0.246 e. The van der Waals surface area contributed by atoms with Gasteiger partial charge in [-0.3, -0.25) is 4.79 Å². The Morgan fingerprint density at radius 2 is 2.04 bits per heavy atom. The van der Waals surface area contributed by atoms with E-state index < -0.39 is 0 Å². The first-order valence-electron chi connectivity index (χ1n) is 8.05. The molecule has 0 bridgehead atoms. The molecule has 0 unspecified atom stereocenters. The Kier molecular flexibility index (Phi) is 4.54. The van der Waals surface area contributed by atoms with E-state index in [0.29, 0.717) is 0 Å².